The second-order valence-electron chi connectivity index (χ2n) is 6.29. The highest BCUT2D eigenvalue weighted by Crippen LogP contribution is 2.29. The maximum atomic E-state index is 5.63. The monoisotopic (exact) mass is 247 g/mol. The molecule has 0 aromatic heterocycles. The van der Waals surface area contributed by atoms with Gasteiger partial charge in [-0.3, -0.25) is 0 Å². The Balaban J connectivity index is 2.79. The molecular formula is C17H29N. The summed E-state index contributed by atoms with van der Waals surface area (Å²) in [6.07, 6.45) is 4.87. The lowest BCUT2D eigenvalue weighted by molar-refractivity contribution is 0.548. The minimum atomic E-state index is 0.246. The van der Waals surface area contributed by atoms with Crippen LogP contribution in [0.3, 0.4) is 0 Å². The average Bonchev–Trinajstić information content (AvgIpc) is 2.33. The highest BCUT2D eigenvalue weighted by Gasteiger charge is 2.15. The molecule has 2 N–H and O–H groups in total. The highest BCUT2D eigenvalue weighted by molar-refractivity contribution is 5.29. The van der Waals surface area contributed by atoms with Crippen LogP contribution in [0.4, 0.5) is 0 Å². The third kappa shape index (κ3) is 4.45. The zero-order valence-electron chi connectivity index (χ0n) is 12.5. The van der Waals surface area contributed by atoms with Gasteiger partial charge in [-0.05, 0) is 48.3 Å². The van der Waals surface area contributed by atoms with Crippen molar-refractivity contribution in [3.63, 3.8) is 0 Å². The van der Waals surface area contributed by atoms with Gasteiger partial charge < -0.3 is 5.73 Å². The molecule has 18 heavy (non-hydrogen) atoms. The number of rotatable bonds is 6. The molecule has 0 heterocycles. The molecule has 102 valence electrons. The molecule has 0 aliphatic rings. The Bertz CT molecular complexity index is 332. The fraction of sp³-hybridized carbons (Fsp3) is 0.647. The fourth-order valence-corrected chi connectivity index (χ4v) is 2.45. The summed E-state index contributed by atoms with van der Waals surface area (Å²) in [5.74, 6) is 0.688. The fourth-order valence-electron chi connectivity index (χ4n) is 2.45. The minimum Gasteiger partial charge on any atom is -0.330 e. The van der Waals surface area contributed by atoms with Gasteiger partial charge in [0.1, 0.15) is 0 Å². The van der Waals surface area contributed by atoms with Crippen LogP contribution < -0.4 is 5.73 Å². The first kappa shape index (κ1) is 15.2. The molecule has 1 aromatic carbocycles. The Labute approximate surface area is 113 Å². The van der Waals surface area contributed by atoms with Gasteiger partial charge in [-0.25, -0.2) is 0 Å². The van der Waals surface area contributed by atoms with E-state index in [1.807, 2.05) is 0 Å². The number of hydrogen-bond acceptors (Lipinski definition) is 1. The summed E-state index contributed by atoms with van der Waals surface area (Å²) < 4.78 is 0. The molecule has 1 nitrogen and oxygen atoms in total. The van der Waals surface area contributed by atoms with Crippen molar-refractivity contribution in [1.82, 2.24) is 0 Å². The molecule has 0 bridgehead atoms. The van der Waals surface area contributed by atoms with Gasteiger partial charge in [0.05, 0.1) is 0 Å². The van der Waals surface area contributed by atoms with E-state index in [2.05, 4.69) is 52.0 Å². The Kier molecular flexibility index (Phi) is 5.87. The van der Waals surface area contributed by atoms with Crippen molar-refractivity contribution < 1.29 is 0 Å². The molecule has 0 saturated carbocycles. The summed E-state index contributed by atoms with van der Waals surface area (Å²) in [6.45, 7) is 9.86. The number of nitrogens with two attached hydrogens (primary N) is 1. The molecule has 0 radical (unpaired) electrons. The van der Waals surface area contributed by atoms with E-state index in [1.165, 1.54) is 30.4 Å². The maximum Gasteiger partial charge on any atom is -0.00771 e. The molecule has 0 amide bonds. The first-order valence-corrected chi connectivity index (χ1v) is 7.29. The van der Waals surface area contributed by atoms with Crippen LogP contribution in [0, 0.1) is 0 Å². The van der Waals surface area contributed by atoms with Crippen molar-refractivity contribution in [3.05, 3.63) is 35.4 Å². The predicted octanol–water partition coefficient (Wildman–Crippen LogP) is 4.61. The summed E-state index contributed by atoms with van der Waals surface area (Å²) in [5, 5.41) is 0. The summed E-state index contributed by atoms with van der Waals surface area (Å²) >= 11 is 0. The summed E-state index contributed by atoms with van der Waals surface area (Å²) in [7, 11) is 0. The molecule has 1 heteroatoms. The SMILES string of the molecule is CCCC(CCCN)c1ccc(C(C)(C)C)cc1. The third-order valence-electron chi connectivity index (χ3n) is 3.64. The van der Waals surface area contributed by atoms with E-state index in [1.54, 1.807) is 0 Å². The van der Waals surface area contributed by atoms with Gasteiger partial charge in [0.15, 0.2) is 0 Å². The van der Waals surface area contributed by atoms with E-state index in [0.29, 0.717) is 5.92 Å². The quantitative estimate of drug-likeness (QED) is 0.780. The van der Waals surface area contributed by atoms with E-state index in [9.17, 15) is 0 Å². The van der Waals surface area contributed by atoms with Crippen LogP contribution in [0.5, 0.6) is 0 Å². The summed E-state index contributed by atoms with van der Waals surface area (Å²) in [4.78, 5) is 0. The molecule has 0 aliphatic heterocycles. The normalized spacial score (nSPS) is 13.6. The van der Waals surface area contributed by atoms with Crippen molar-refractivity contribution in [2.75, 3.05) is 6.54 Å². The lowest BCUT2D eigenvalue weighted by atomic mass is 9.84. The zero-order valence-corrected chi connectivity index (χ0v) is 12.5. The Morgan fingerprint density at radius 3 is 2.11 bits per heavy atom. The van der Waals surface area contributed by atoms with Crippen LogP contribution in [-0.4, -0.2) is 6.54 Å². The second-order valence-corrected chi connectivity index (χ2v) is 6.29. The van der Waals surface area contributed by atoms with E-state index in [0.717, 1.165) is 13.0 Å². The van der Waals surface area contributed by atoms with Gasteiger partial charge in [0.2, 0.25) is 0 Å². The van der Waals surface area contributed by atoms with Crippen molar-refractivity contribution >= 4 is 0 Å². The second kappa shape index (κ2) is 6.94. The van der Waals surface area contributed by atoms with Crippen LogP contribution >= 0.6 is 0 Å². The van der Waals surface area contributed by atoms with Crippen molar-refractivity contribution in [2.24, 2.45) is 5.73 Å². The molecule has 1 atom stereocenters. The maximum absolute atomic E-state index is 5.63. The van der Waals surface area contributed by atoms with Crippen molar-refractivity contribution in [2.45, 2.75) is 64.7 Å². The predicted molar refractivity (Wildman–Crippen MR) is 81.1 cm³/mol. The van der Waals surface area contributed by atoms with Crippen LogP contribution in [0.15, 0.2) is 24.3 Å². The largest absolute Gasteiger partial charge is 0.330 e. The first-order valence-electron chi connectivity index (χ1n) is 7.29. The lowest BCUT2D eigenvalue weighted by Crippen LogP contribution is -2.11. The van der Waals surface area contributed by atoms with E-state index < -0.39 is 0 Å². The van der Waals surface area contributed by atoms with Gasteiger partial charge in [0.25, 0.3) is 0 Å². The van der Waals surface area contributed by atoms with E-state index in [4.69, 9.17) is 5.73 Å². The standard InChI is InChI=1S/C17H29N/c1-5-7-14(8-6-13-18)15-9-11-16(12-10-15)17(2,3)4/h9-12,14H,5-8,13,18H2,1-4H3. The van der Waals surface area contributed by atoms with Gasteiger partial charge >= 0.3 is 0 Å². The van der Waals surface area contributed by atoms with Crippen LogP contribution in [-0.2, 0) is 5.41 Å². The smallest absolute Gasteiger partial charge is 0.00771 e. The van der Waals surface area contributed by atoms with Gasteiger partial charge in [-0.1, -0.05) is 58.4 Å². The summed E-state index contributed by atoms with van der Waals surface area (Å²) in [6, 6.07) is 9.22. The molecule has 0 saturated heterocycles. The highest BCUT2D eigenvalue weighted by atomic mass is 14.5. The Morgan fingerprint density at radius 2 is 1.67 bits per heavy atom. The number of hydrogen-bond donors (Lipinski definition) is 1. The van der Waals surface area contributed by atoms with E-state index >= 15 is 0 Å². The van der Waals surface area contributed by atoms with Crippen LogP contribution in [0.25, 0.3) is 0 Å². The van der Waals surface area contributed by atoms with Crippen molar-refractivity contribution in [3.8, 4) is 0 Å². The van der Waals surface area contributed by atoms with Crippen LogP contribution in [0.2, 0.25) is 0 Å². The van der Waals surface area contributed by atoms with Gasteiger partial charge in [-0.15, -0.1) is 0 Å². The molecule has 0 aliphatic carbocycles. The summed E-state index contributed by atoms with van der Waals surface area (Å²) in [5.41, 5.74) is 8.78. The molecule has 1 rings (SSSR count). The molecule has 0 spiro atoms. The Morgan fingerprint density at radius 1 is 1.06 bits per heavy atom. The van der Waals surface area contributed by atoms with Crippen LogP contribution in [0.1, 0.15) is 70.4 Å². The van der Waals surface area contributed by atoms with Gasteiger partial charge in [0, 0.05) is 0 Å². The third-order valence-corrected chi connectivity index (χ3v) is 3.64. The Hall–Kier alpha value is -0.820. The number of benzene rings is 1. The first-order chi connectivity index (χ1) is 8.49. The molecule has 0 fully saturated rings. The minimum absolute atomic E-state index is 0.246. The average molecular weight is 247 g/mol. The topological polar surface area (TPSA) is 26.0 Å². The van der Waals surface area contributed by atoms with Crippen molar-refractivity contribution in [1.29, 1.82) is 0 Å². The lowest BCUT2D eigenvalue weighted by Gasteiger charge is -2.21. The molecule has 1 aromatic rings. The molecular weight excluding hydrogens is 218 g/mol. The van der Waals surface area contributed by atoms with Gasteiger partial charge in [-0.2, -0.15) is 0 Å². The zero-order chi connectivity index (χ0) is 13.6. The van der Waals surface area contributed by atoms with E-state index in [-0.39, 0.29) is 5.41 Å². The molecule has 1 unspecified atom stereocenters.